The van der Waals surface area contributed by atoms with E-state index in [4.69, 9.17) is 10.00 Å². The summed E-state index contributed by atoms with van der Waals surface area (Å²) in [5.74, 6) is 0.809. The quantitative estimate of drug-likeness (QED) is 0.738. The van der Waals surface area contributed by atoms with E-state index in [1.54, 1.807) is 12.4 Å². The molecule has 0 aromatic carbocycles. The van der Waals surface area contributed by atoms with E-state index in [1.807, 2.05) is 6.07 Å². The number of hydrogen-bond donors (Lipinski definition) is 0. The Bertz CT molecular complexity index is 392. The maximum atomic E-state index is 8.57. The molecule has 18 heavy (non-hydrogen) atoms. The van der Waals surface area contributed by atoms with E-state index >= 15 is 0 Å². The molecule has 96 valence electrons. The molecule has 1 aliphatic heterocycles. The number of rotatable bonds is 5. The lowest BCUT2D eigenvalue weighted by Crippen LogP contribution is -2.31. The summed E-state index contributed by atoms with van der Waals surface area (Å²) in [6.45, 7) is 4.21. The molecule has 0 saturated carbocycles. The van der Waals surface area contributed by atoms with E-state index in [0.717, 1.165) is 13.0 Å². The van der Waals surface area contributed by atoms with Crippen LogP contribution >= 0.6 is 0 Å². The molecule has 1 aromatic rings. The molecule has 0 amide bonds. The third-order valence-corrected chi connectivity index (χ3v) is 3.06. The van der Waals surface area contributed by atoms with Gasteiger partial charge in [0.05, 0.1) is 19.0 Å². The Morgan fingerprint density at radius 3 is 2.61 bits per heavy atom. The fourth-order valence-electron chi connectivity index (χ4n) is 2.11. The van der Waals surface area contributed by atoms with Gasteiger partial charge in [-0.1, -0.05) is 6.42 Å². The standard InChI is InChI=1S/C13H18N4O/c14-9-13-15-10-12(11-16-13)18-8-4-7-17-5-2-1-3-6-17/h10-11H,1-8H2. The fourth-order valence-corrected chi connectivity index (χ4v) is 2.11. The highest BCUT2D eigenvalue weighted by molar-refractivity contribution is 5.17. The zero-order valence-electron chi connectivity index (χ0n) is 10.5. The first-order valence-corrected chi connectivity index (χ1v) is 6.46. The van der Waals surface area contributed by atoms with Gasteiger partial charge < -0.3 is 9.64 Å². The number of nitrogens with zero attached hydrogens (tertiary/aromatic N) is 4. The summed E-state index contributed by atoms with van der Waals surface area (Å²) in [6.07, 6.45) is 8.13. The van der Waals surface area contributed by atoms with Crippen molar-refractivity contribution in [3.8, 4) is 11.8 Å². The smallest absolute Gasteiger partial charge is 0.232 e. The highest BCUT2D eigenvalue weighted by Gasteiger charge is 2.09. The van der Waals surface area contributed by atoms with Crippen LogP contribution in [-0.4, -0.2) is 41.1 Å². The van der Waals surface area contributed by atoms with Crippen LogP contribution in [0.5, 0.6) is 5.75 Å². The Kier molecular flexibility index (Phi) is 4.91. The summed E-state index contributed by atoms with van der Waals surface area (Å²) in [4.78, 5) is 10.2. The maximum absolute atomic E-state index is 8.57. The van der Waals surface area contributed by atoms with Crippen LogP contribution in [0.2, 0.25) is 0 Å². The summed E-state index contributed by atoms with van der Waals surface area (Å²) in [5, 5.41) is 8.57. The largest absolute Gasteiger partial charge is 0.490 e. The van der Waals surface area contributed by atoms with Gasteiger partial charge in [0.25, 0.3) is 0 Å². The van der Waals surface area contributed by atoms with Crippen LogP contribution in [0.4, 0.5) is 0 Å². The number of ether oxygens (including phenoxy) is 1. The van der Waals surface area contributed by atoms with E-state index in [9.17, 15) is 0 Å². The first-order valence-electron chi connectivity index (χ1n) is 6.46. The Balaban J connectivity index is 1.63. The molecule has 1 fully saturated rings. The van der Waals surface area contributed by atoms with Crippen LogP contribution in [-0.2, 0) is 0 Å². The first-order chi connectivity index (χ1) is 8.88. The summed E-state index contributed by atoms with van der Waals surface area (Å²) < 4.78 is 5.54. The van der Waals surface area contributed by atoms with E-state index in [0.29, 0.717) is 12.4 Å². The predicted molar refractivity (Wildman–Crippen MR) is 67.2 cm³/mol. The Labute approximate surface area is 107 Å². The average molecular weight is 246 g/mol. The first kappa shape index (κ1) is 12.8. The zero-order chi connectivity index (χ0) is 12.6. The van der Waals surface area contributed by atoms with Crippen LogP contribution in [0.3, 0.4) is 0 Å². The van der Waals surface area contributed by atoms with Gasteiger partial charge in [-0.15, -0.1) is 0 Å². The SMILES string of the molecule is N#Cc1ncc(OCCCN2CCCCC2)cn1. The average Bonchev–Trinajstić information content (AvgIpc) is 2.45. The van der Waals surface area contributed by atoms with E-state index in [-0.39, 0.29) is 5.82 Å². The van der Waals surface area contributed by atoms with Crippen LogP contribution in [0.1, 0.15) is 31.5 Å². The topological polar surface area (TPSA) is 62.0 Å². The highest BCUT2D eigenvalue weighted by Crippen LogP contribution is 2.10. The minimum Gasteiger partial charge on any atom is -0.490 e. The number of hydrogen-bond acceptors (Lipinski definition) is 5. The van der Waals surface area contributed by atoms with Gasteiger partial charge in [-0.05, 0) is 32.4 Å². The molecule has 2 heterocycles. The van der Waals surface area contributed by atoms with E-state index in [1.165, 1.54) is 32.4 Å². The lowest BCUT2D eigenvalue weighted by molar-refractivity contribution is 0.204. The molecule has 0 atom stereocenters. The van der Waals surface area contributed by atoms with Crippen molar-refractivity contribution in [2.75, 3.05) is 26.2 Å². The molecule has 0 unspecified atom stereocenters. The Hall–Kier alpha value is -1.67. The van der Waals surface area contributed by atoms with Crippen molar-refractivity contribution in [1.82, 2.24) is 14.9 Å². The van der Waals surface area contributed by atoms with Crippen molar-refractivity contribution in [2.24, 2.45) is 0 Å². The molecule has 5 nitrogen and oxygen atoms in total. The molecule has 0 radical (unpaired) electrons. The Morgan fingerprint density at radius 2 is 1.94 bits per heavy atom. The molecule has 5 heteroatoms. The third-order valence-electron chi connectivity index (χ3n) is 3.06. The van der Waals surface area contributed by atoms with Gasteiger partial charge in [0, 0.05) is 6.54 Å². The summed E-state index contributed by atoms with van der Waals surface area (Å²) >= 11 is 0. The van der Waals surface area contributed by atoms with Gasteiger partial charge in [0.1, 0.15) is 6.07 Å². The molecule has 1 saturated heterocycles. The van der Waals surface area contributed by atoms with Crippen molar-refractivity contribution in [3.63, 3.8) is 0 Å². The summed E-state index contributed by atoms with van der Waals surface area (Å²) in [6, 6.07) is 1.88. The second-order valence-electron chi connectivity index (χ2n) is 4.46. The molecular formula is C13H18N4O. The monoisotopic (exact) mass is 246 g/mol. The molecule has 1 aromatic heterocycles. The van der Waals surface area contributed by atoms with Gasteiger partial charge >= 0.3 is 0 Å². The number of nitriles is 1. The fraction of sp³-hybridized carbons (Fsp3) is 0.615. The summed E-state index contributed by atoms with van der Waals surface area (Å²) in [7, 11) is 0. The van der Waals surface area contributed by atoms with Gasteiger partial charge in [0.2, 0.25) is 5.82 Å². The third kappa shape index (κ3) is 3.97. The summed E-state index contributed by atoms with van der Waals surface area (Å²) in [5.41, 5.74) is 0. The lowest BCUT2D eigenvalue weighted by Gasteiger charge is -2.26. The second-order valence-corrected chi connectivity index (χ2v) is 4.46. The maximum Gasteiger partial charge on any atom is 0.232 e. The normalized spacial score (nSPS) is 16.2. The molecule has 0 spiro atoms. The lowest BCUT2D eigenvalue weighted by atomic mass is 10.1. The van der Waals surface area contributed by atoms with Gasteiger partial charge in [-0.25, -0.2) is 9.97 Å². The van der Waals surface area contributed by atoms with E-state index in [2.05, 4.69) is 14.9 Å². The second kappa shape index (κ2) is 6.92. The number of aromatic nitrogens is 2. The van der Waals surface area contributed by atoms with Gasteiger partial charge in [0.15, 0.2) is 5.75 Å². The zero-order valence-corrected chi connectivity index (χ0v) is 10.5. The van der Waals surface area contributed by atoms with Crippen molar-refractivity contribution in [2.45, 2.75) is 25.7 Å². The van der Waals surface area contributed by atoms with Crippen molar-refractivity contribution in [1.29, 1.82) is 5.26 Å². The number of piperidine rings is 1. The van der Waals surface area contributed by atoms with Gasteiger partial charge in [-0.3, -0.25) is 0 Å². The molecule has 1 aliphatic rings. The minimum absolute atomic E-state index is 0.177. The Morgan fingerprint density at radius 1 is 1.22 bits per heavy atom. The molecule has 0 aliphatic carbocycles. The minimum atomic E-state index is 0.177. The van der Waals surface area contributed by atoms with E-state index < -0.39 is 0 Å². The molecule has 0 N–H and O–H groups in total. The van der Waals surface area contributed by atoms with Gasteiger partial charge in [-0.2, -0.15) is 5.26 Å². The predicted octanol–water partition coefficient (Wildman–Crippen LogP) is 1.60. The van der Waals surface area contributed by atoms with Crippen LogP contribution in [0.25, 0.3) is 0 Å². The van der Waals surface area contributed by atoms with Crippen LogP contribution < -0.4 is 4.74 Å². The van der Waals surface area contributed by atoms with Crippen molar-refractivity contribution >= 4 is 0 Å². The number of likely N-dealkylation sites (tertiary alicyclic amines) is 1. The van der Waals surface area contributed by atoms with Crippen LogP contribution in [0, 0.1) is 11.3 Å². The molecule has 0 bridgehead atoms. The van der Waals surface area contributed by atoms with Crippen molar-refractivity contribution in [3.05, 3.63) is 18.2 Å². The molecular weight excluding hydrogens is 228 g/mol. The van der Waals surface area contributed by atoms with Crippen LogP contribution in [0.15, 0.2) is 12.4 Å². The molecule has 2 rings (SSSR count). The highest BCUT2D eigenvalue weighted by atomic mass is 16.5. The van der Waals surface area contributed by atoms with Crippen molar-refractivity contribution < 1.29 is 4.74 Å².